The van der Waals surface area contributed by atoms with Gasteiger partial charge in [-0.05, 0) is 109 Å². The van der Waals surface area contributed by atoms with Crippen molar-refractivity contribution in [3.05, 3.63) is 53.3 Å². The Labute approximate surface area is 297 Å². The van der Waals surface area contributed by atoms with Gasteiger partial charge < -0.3 is 24.4 Å². The summed E-state index contributed by atoms with van der Waals surface area (Å²) in [6.07, 6.45) is 8.60. The normalized spacial score (nSPS) is 20.5. The molecule has 1 aliphatic heterocycles. The zero-order chi connectivity index (χ0) is 34.8. The number of nitrogens with one attached hydrogen (secondary N) is 2. The smallest absolute Gasteiger partial charge is 0.410 e. The molecule has 0 aromatic carbocycles. The Kier molecular flexibility index (Phi) is 10.3. The molecule has 3 aromatic heterocycles. The second-order valence-electron chi connectivity index (χ2n) is 14.8. The molecule has 1 spiro atoms. The molecule has 14 heteroatoms. The minimum absolute atomic E-state index is 0.0662. The molecule has 6 rings (SSSR count). The van der Waals surface area contributed by atoms with E-state index in [1.165, 1.54) is 25.7 Å². The van der Waals surface area contributed by atoms with Crippen molar-refractivity contribution in [1.29, 1.82) is 0 Å². The molecule has 2 amide bonds. The van der Waals surface area contributed by atoms with Crippen LogP contribution in [0.25, 0.3) is 5.82 Å². The Morgan fingerprint density at radius 1 is 1.08 bits per heavy atom. The molecule has 49 heavy (non-hydrogen) atoms. The quantitative estimate of drug-likeness (QED) is 0.109. The number of carbonyl (C=O) groups is 2. The minimum Gasteiger partial charge on any atom is -0.477 e. The van der Waals surface area contributed by atoms with Gasteiger partial charge in [0.2, 0.25) is 5.88 Å². The third-order valence-electron chi connectivity index (χ3n) is 9.53. The maximum atomic E-state index is 13.0. The zero-order valence-electron chi connectivity index (χ0n) is 28.8. The highest BCUT2D eigenvalue weighted by molar-refractivity contribution is 7.97. The van der Waals surface area contributed by atoms with Gasteiger partial charge >= 0.3 is 6.09 Å². The number of likely N-dealkylation sites (tertiary alicyclic amines) is 1. The summed E-state index contributed by atoms with van der Waals surface area (Å²) in [4.78, 5) is 36.3. The van der Waals surface area contributed by atoms with E-state index in [-0.39, 0.29) is 28.5 Å². The number of pyridine rings is 2. The van der Waals surface area contributed by atoms with Gasteiger partial charge in [-0.1, -0.05) is 17.7 Å². The van der Waals surface area contributed by atoms with Gasteiger partial charge in [0.05, 0.1) is 31.4 Å². The predicted molar refractivity (Wildman–Crippen MR) is 188 cm³/mol. The minimum atomic E-state index is -0.551. The van der Waals surface area contributed by atoms with Crippen LogP contribution >= 0.6 is 23.5 Å². The molecule has 2 atom stereocenters. The lowest BCUT2D eigenvalue weighted by Gasteiger charge is -2.37. The van der Waals surface area contributed by atoms with Crippen molar-refractivity contribution in [2.24, 2.45) is 11.3 Å². The Balaban J connectivity index is 0.926. The fourth-order valence-electron chi connectivity index (χ4n) is 6.63. The van der Waals surface area contributed by atoms with Gasteiger partial charge in [-0.15, -0.1) is 5.10 Å². The molecular formula is C35H46ClN7O5S. The summed E-state index contributed by atoms with van der Waals surface area (Å²) in [7, 11) is 0. The summed E-state index contributed by atoms with van der Waals surface area (Å²) < 4.78 is 21.9. The van der Waals surface area contributed by atoms with E-state index in [0.717, 1.165) is 30.7 Å². The largest absolute Gasteiger partial charge is 0.477 e. The number of rotatable bonds is 13. The first kappa shape index (κ1) is 35.3. The van der Waals surface area contributed by atoms with E-state index >= 15 is 0 Å². The van der Waals surface area contributed by atoms with Crippen LogP contribution in [0.4, 0.5) is 10.6 Å². The van der Waals surface area contributed by atoms with E-state index in [1.807, 2.05) is 46.8 Å². The number of carbonyl (C=O) groups excluding carboxylic acids is 2. The van der Waals surface area contributed by atoms with Crippen LogP contribution in [0, 0.1) is 11.3 Å². The Morgan fingerprint density at radius 2 is 1.90 bits per heavy atom. The maximum absolute atomic E-state index is 13.0. The molecule has 0 bridgehead atoms. The zero-order valence-corrected chi connectivity index (χ0v) is 30.4. The van der Waals surface area contributed by atoms with Crippen LogP contribution in [0.2, 0.25) is 5.15 Å². The molecule has 3 aromatic rings. The number of ether oxygens (including phenoxy) is 3. The Hall–Kier alpha value is -3.55. The first-order valence-electron chi connectivity index (χ1n) is 17.0. The number of hydrogen-bond acceptors (Lipinski definition) is 10. The van der Waals surface area contributed by atoms with Crippen LogP contribution in [0.1, 0.15) is 83.5 Å². The number of aromatic nitrogens is 4. The van der Waals surface area contributed by atoms with Crippen molar-refractivity contribution in [3.63, 3.8) is 0 Å². The molecule has 264 valence electrons. The van der Waals surface area contributed by atoms with Gasteiger partial charge in [0, 0.05) is 36.3 Å². The summed E-state index contributed by atoms with van der Waals surface area (Å²) in [6.45, 7) is 11.7. The lowest BCUT2D eigenvalue weighted by atomic mass is 9.69. The van der Waals surface area contributed by atoms with Gasteiger partial charge in [-0.25, -0.2) is 19.4 Å². The van der Waals surface area contributed by atoms with E-state index < -0.39 is 11.5 Å². The number of nitrogens with zero attached hydrogens (tertiary/aromatic N) is 5. The molecule has 4 heterocycles. The van der Waals surface area contributed by atoms with Crippen LogP contribution in [-0.2, 0) is 9.47 Å². The highest BCUT2D eigenvalue weighted by Gasteiger charge is 2.54. The predicted octanol–water partition coefficient (Wildman–Crippen LogP) is 6.93. The lowest BCUT2D eigenvalue weighted by molar-refractivity contribution is 0.0105. The highest BCUT2D eigenvalue weighted by atomic mass is 35.5. The van der Waals surface area contributed by atoms with Gasteiger partial charge in [0.15, 0.2) is 5.82 Å². The summed E-state index contributed by atoms with van der Waals surface area (Å²) >= 11 is 7.51. The summed E-state index contributed by atoms with van der Waals surface area (Å²) in [5.41, 5.74) is -0.0197. The lowest BCUT2D eigenvalue weighted by Crippen LogP contribution is -2.45. The fourth-order valence-corrected chi connectivity index (χ4v) is 7.46. The van der Waals surface area contributed by atoms with Crippen LogP contribution in [0.5, 0.6) is 5.88 Å². The molecule has 1 saturated heterocycles. The molecule has 2 saturated carbocycles. The third kappa shape index (κ3) is 8.79. The van der Waals surface area contributed by atoms with Crippen molar-refractivity contribution < 1.29 is 23.8 Å². The van der Waals surface area contributed by atoms with Crippen molar-refractivity contribution in [3.8, 4) is 11.7 Å². The number of halogens is 1. The Bertz CT molecular complexity index is 1660. The molecule has 2 unspecified atom stereocenters. The molecule has 2 N–H and O–H groups in total. The average Bonchev–Trinajstić information content (AvgIpc) is 3.65. The number of anilines is 1. The fraction of sp³-hybridized carbons (Fsp3) is 0.571. The van der Waals surface area contributed by atoms with Gasteiger partial charge in [0.25, 0.3) is 5.91 Å². The van der Waals surface area contributed by atoms with E-state index in [4.69, 9.17) is 25.8 Å². The second kappa shape index (κ2) is 14.4. The summed E-state index contributed by atoms with van der Waals surface area (Å²) in [5.74, 6) is 2.08. The van der Waals surface area contributed by atoms with Crippen LogP contribution < -0.4 is 14.8 Å². The maximum Gasteiger partial charge on any atom is 0.410 e. The van der Waals surface area contributed by atoms with Crippen molar-refractivity contribution in [2.75, 3.05) is 31.6 Å². The van der Waals surface area contributed by atoms with Crippen LogP contribution in [0.15, 0.2) is 47.6 Å². The molecular weight excluding hydrogens is 666 g/mol. The van der Waals surface area contributed by atoms with Gasteiger partial charge in [-0.3, -0.25) is 9.52 Å². The molecule has 2 aliphatic carbocycles. The first-order chi connectivity index (χ1) is 23.3. The van der Waals surface area contributed by atoms with Crippen molar-refractivity contribution in [2.45, 2.75) is 95.4 Å². The van der Waals surface area contributed by atoms with Gasteiger partial charge in [-0.2, -0.15) is 0 Å². The average molecular weight is 712 g/mol. The number of amides is 2. The second-order valence-corrected chi connectivity index (χ2v) is 15.9. The third-order valence-corrected chi connectivity index (χ3v) is 10.5. The van der Waals surface area contributed by atoms with Crippen LogP contribution in [-0.4, -0.2) is 80.2 Å². The van der Waals surface area contributed by atoms with E-state index in [0.29, 0.717) is 54.3 Å². The monoisotopic (exact) mass is 711 g/mol. The Morgan fingerprint density at radius 3 is 2.61 bits per heavy atom. The van der Waals surface area contributed by atoms with E-state index in [2.05, 4.69) is 25.1 Å². The van der Waals surface area contributed by atoms with E-state index in [1.54, 1.807) is 40.0 Å². The molecule has 12 nitrogen and oxygen atoms in total. The van der Waals surface area contributed by atoms with Crippen molar-refractivity contribution >= 4 is 41.4 Å². The summed E-state index contributed by atoms with van der Waals surface area (Å²) in [5, 5.41) is 8.39. The SMILES string of the molecule is CC(C)(C)OC(=O)N1CC(OCCNc2cccc(SNC(=O)c3ccc(-n4ccc(OCCC5CCC56CC6)n4)nc3Cl)n2)CC1(C)C. The molecule has 3 aliphatic rings. The van der Waals surface area contributed by atoms with Crippen LogP contribution in [0.3, 0.4) is 0 Å². The van der Waals surface area contributed by atoms with Crippen molar-refractivity contribution in [1.82, 2.24) is 29.4 Å². The summed E-state index contributed by atoms with van der Waals surface area (Å²) in [6, 6.07) is 10.6. The van der Waals surface area contributed by atoms with E-state index in [9.17, 15) is 9.59 Å². The molecule has 0 radical (unpaired) electrons. The van der Waals surface area contributed by atoms with Gasteiger partial charge in [0.1, 0.15) is 21.6 Å². The first-order valence-corrected chi connectivity index (χ1v) is 18.2. The topological polar surface area (TPSA) is 133 Å². The standard InChI is InChI=1S/C35H46ClN7O5S/c1-33(2,3)48-32(45)42-22-24(21-34(42,4)5)46-20-17-37-26-7-6-8-29(38-26)49-41-31(44)25-9-10-27(39-30(25)36)43-18-12-28(40-43)47-19-13-23-11-14-35(23)15-16-35/h6-10,12,18,23-24H,11,13-17,19-22H2,1-5H3,(H,37,38)(H,41,44). The number of hydrogen-bond donors (Lipinski definition) is 2. The molecule has 3 fully saturated rings. The highest BCUT2D eigenvalue weighted by Crippen LogP contribution is 2.65.